The smallest absolute Gasteiger partial charge is 0.144 e. The Hall–Kier alpha value is -1.12. The van der Waals surface area contributed by atoms with Crippen molar-refractivity contribution < 1.29 is 4.74 Å². The van der Waals surface area contributed by atoms with Crippen molar-refractivity contribution in [3.05, 3.63) is 22.3 Å². The van der Waals surface area contributed by atoms with Crippen molar-refractivity contribution in [3.63, 3.8) is 0 Å². The highest BCUT2D eigenvalue weighted by Crippen LogP contribution is 2.18. The second-order valence-electron chi connectivity index (χ2n) is 3.68. The number of ether oxygens (including phenoxy) is 1. The van der Waals surface area contributed by atoms with E-state index in [1.807, 2.05) is 0 Å². The van der Waals surface area contributed by atoms with Crippen molar-refractivity contribution in [2.24, 2.45) is 0 Å². The van der Waals surface area contributed by atoms with Gasteiger partial charge in [-0.05, 0) is 34.8 Å². The van der Waals surface area contributed by atoms with Gasteiger partial charge in [-0.1, -0.05) is 0 Å². The highest BCUT2D eigenvalue weighted by molar-refractivity contribution is 9.10. The van der Waals surface area contributed by atoms with E-state index in [1.54, 1.807) is 12.3 Å². The second kappa shape index (κ2) is 5.28. The fourth-order valence-electron chi connectivity index (χ4n) is 1.68. The molecule has 1 aliphatic rings. The van der Waals surface area contributed by atoms with Gasteiger partial charge >= 0.3 is 0 Å². The summed E-state index contributed by atoms with van der Waals surface area (Å²) in [6.07, 6.45) is 4.12. The molecule has 0 bridgehead atoms. The fraction of sp³-hybridized carbons (Fsp3) is 0.455. The molecule has 4 nitrogen and oxygen atoms in total. The van der Waals surface area contributed by atoms with E-state index < -0.39 is 0 Å². The zero-order valence-corrected chi connectivity index (χ0v) is 10.3. The van der Waals surface area contributed by atoms with E-state index >= 15 is 0 Å². The van der Waals surface area contributed by atoms with Gasteiger partial charge in [-0.3, -0.25) is 0 Å². The van der Waals surface area contributed by atoms with Crippen molar-refractivity contribution in [3.8, 4) is 6.07 Å². The van der Waals surface area contributed by atoms with Gasteiger partial charge in [0.1, 0.15) is 11.9 Å². The van der Waals surface area contributed by atoms with E-state index in [0.29, 0.717) is 17.9 Å². The molecule has 1 fully saturated rings. The highest BCUT2D eigenvalue weighted by atomic mass is 79.9. The molecular weight excluding hydrogens is 270 g/mol. The van der Waals surface area contributed by atoms with E-state index in [-0.39, 0.29) is 6.10 Å². The molecule has 1 saturated heterocycles. The number of anilines is 1. The van der Waals surface area contributed by atoms with Gasteiger partial charge in [0.25, 0.3) is 0 Å². The summed E-state index contributed by atoms with van der Waals surface area (Å²) >= 11 is 3.29. The van der Waals surface area contributed by atoms with E-state index in [1.165, 1.54) is 0 Å². The number of aromatic nitrogens is 1. The van der Waals surface area contributed by atoms with Gasteiger partial charge in [-0.2, -0.15) is 5.26 Å². The molecule has 16 heavy (non-hydrogen) atoms. The van der Waals surface area contributed by atoms with Gasteiger partial charge < -0.3 is 10.1 Å². The average Bonchev–Trinajstić information content (AvgIpc) is 2.80. The quantitative estimate of drug-likeness (QED) is 0.924. The molecule has 2 rings (SSSR count). The lowest BCUT2D eigenvalue weighted by atomic mass is 10.2. The molecule has 0 amide bonds. The topological polar surface area (TPSA) is 57.9 Å². The largest absolute Gasteiger partial charge is 0.376 e. The molecule has 1 aromatic rings. The van der Waals surface area contributed by atoms with Crippen molar-refractivity contribution in [1.82, 2.24) is 4.98 Å². The highest BCUT2D eigenvalue weighted by Gasteiger charge is 2.15. The van der Waals surface area contributed by atoms with E-state index in [4.69, 9.17) is 10.00 Å². The van der Waals surface area contributed by atoms with Gasteiger partial charge in [0.15, 0.2) is 0 Å². The maximum Gasteiger partial charge on any atom is 0.144 e. The summed E-state index contributed by atoms with van der Waals surface area (Å²) in [4.78, 5) is 4.17. The summed E-state index contributed by atoms with van der Waals surface area (Å²) in [6, 6.07) is 3.87. The molecule has 2 heterocycles. The molecule has 1 aromatic heterocycles. The maximum absolute atomic E-state index is 8.95. The summed E-state index contributed by atoms with van der Waals surface area (Å²) in [6.45, 7) is 1.55. The van der Waals surface area contributed by atoms with Gasteiger partial charge in [0.05, 0.1) is 11.7 Å². The number of pyridine rings is 1. The average molecular weight is 282 g/mol. The third-order valence-corrected chi connectivity index (χ3v) is 2.93. The minimum Gasteiger partial charge on any atom is -0.376 e. The minimum absolute atomic E-state index is 0.247. The van der Waals surface area contributed by atoms with Crippen LogP contribution >= 0.6 is 15.9 Å². The lowest BCUT2D eigenvalue weighted by Crippen LogP contribution is -2.19. The van der Waals surface area contributed by atoms with Crippen molar-refractivity contribution in [2.45, 2.75) is 18.9 Å². The predicted octanol–water partition coefficient (Wildman–Crippen LogP) is 2.31. The van der Waals surface area contributed by atoms with E-state index in [2.05, 4.69) is 32.3 Å². The molecule has 0 aliphatic carbocycles. The Morgan fingerprint density at radius 3 is 3.25 bits per heavy atom. The number of rotatable bonds is 3. The SMILES string of the molecule is N#Cc1cc(Br)cnc1NCC1CCCO1. The van der Waals surface area contributed by atoms with Crippen LogP contribution in [0, 0.1) is 11.3 Å². The fourth-order valence-corrected chi connectivity index (χ4v) is 2.01. The molecule has 0 spiro atoms. The first kappa shape index (κ1) is 11.4. The number of hydrogen-bond acceptors (Lipinski definition) is 4. The third-order valence-electron chi connectivity index (χ3n) is 2.50. The molecule has 5 heteroatoms. The van der Waals surface area contributed by atoms with Crippen LogP contribution in [0.15, 0.2) is 16.7 Å². The zero-order chi connectivity index (χ0) is 11.4. The van der Waals surface area contributed by atoms with E-state index in [9.17, 15) is 0 Å². The predicted molar refractivity (Wildman–Crippen MR) is 64.1 cm³/mol. The molecule has 1 N–H and O–H groups in total. The Labute approximate surface area is 103 Å². The van der Waals surface area contributed by atoms with Crippen LogP contribution in [0.1, 0.15) is 18.4 Å². The molecule has 1 aliphatic heterocycles. The van der Waals surface area contributed by atoms with Crippen molar-refractivity contribution in [1.29, 1.82) is 5.26 Å². The van der Waals surface area contributed by atoms with Crippen LogP contribution in [-0.4, -0.2) is 24.2 Å². The number of hydrogen-bond donors (Lipinski definition) is 1. The van der Waals surface area contributed by atoms with Crippen LogP contribution in [0.3, 0.4) is 0 Å². The third kappa shape index (κ3) is 2.71. The lowest BCUT2D eigenvalue weighted by molar-refractivity contribution is 0.120. The Balaban J connectivity index is 2.00. The van der Waals surface area contributed by atoms with Crippen molar-refractivity contribution in [2.75, 3.05) is 18.5 Å². The first-order valence-corrected chi connectivity index (χ1v) is 6.00. The molecule has 84 valence electrons. The Morgan fingerprint density at radius 2 is 2.56 bits per heavy atom. The monoisotopic (exact) mass is 281 g/mol. The number of halogens is 1. The van der Waals surface area contributed by atoms with Gasteiger partial charge in [0.2, 0.25) is 0 Å². The molecule has 0 saturated carbocycles. The first-order valence-electron chi connectivity index (χ1n) is 5.20. The van der Waals surface area contributed by atoms with E-state index in [0.717, 1.165) is 23.9 Å². The van der Waals surface area contributed by atoms with Crippen LogP contribution in [0.25, 0.3) is 0 Å². The van der Waals surface area contributed by atoms with Crippen LogP contribution in [0.2, 0.25) is 0 Å². The zero-order valence-electron chi connectivity index (χ0n) is 8.74. The van der Waals surface area contributed by atoms with Crippen LogP contribution < -0.4 is 5.32 Å². The normalized spacial score (nSPS) is 19.4. The molecule has 0 aromatic carbocycles. The second-order valence-corrected chi connectivity index (χ2v) is 4.59. The summed E-state index contributed by atoms with van der Waals surface area (Å²) in [5.74, 6) is 0.626. The molecule has 0 radical (unpaired) electrons. The summed E-state index contributed by atoms with van der Waals surface area (Å²) in [5.41, 5.74) is 0.548. The van der Waals surface area contributed by atoms with Gasteiger partial charge in [-0.15, -0.1) is 0 Å². The maximum atomic E-state index is 8.95. The molecule has 1 atom stereocenters. The Kier molecular flexibility index (Phi) is 3.75. The number of nitrogens with one attached hydrogen (secondary N) is 1. The molecular formula is C11H12BrN3O. The van der Waals surface area contributed by atoms with Crippen LogP contribution in [0.4, 0.5) is 5.82 Å². The van der Waals surface area contributed by atoms with Crippen molar-refractivity contribution >= 4 is 21.7 Å². The van der Waals surface area contributed by atoms with Gasteiger partial charge in [-0.25, -0.2) is 4.98 Å². The summed E-state index contributed by atoms with van der Waals surface area (Å²) < 4.78 is 6.30. The molecule has 1 unspecified atom stereocenters. The Bertz CT molecular complexity index is 410. The number of nitrogens with zero attached hydrogens (tertiary/aromatic N) is 2. The standard InChI is InChI=1S/C11H12BrN3O/c12-9-4-8(5-13)11(14-6-9)15-7-10-2-1-3-16-10/h4,6,10H,1-3,7H2,(H,14,15). The van der Waals surface area contributed by atoms with Crippen LogP contribution in [0.5, 0.6) is 0 Å². The van der Waals surface area contributed by atoms with Crippen LogP contribution in [-0.2, 0) is 4.74 Å². The first-order chi connectivity index (χ1) is 7.79. The summed E-state index contributed by atoms with van der Waals surface area (Å²) in [7, 11) is 0. The number of nitriles is 1. The summed E-state index contributed by atoms with van der Waals surface area (Å²) in [5, 5.41) is 12.1. The minimum atomic E-state index is 0.247. The lowest BCUT2D eigenvalue weighted by Gasteiger charge is -2.12. The van der Waals surface area contributed by atoms with Gasteiger partial charge in [0, 0.05) is 23.8 Å². The Morgan fingerprint density at radius 1 is 1.69 bits per heavy atom.